The number of hydrogen-bond acceptors (Lipinski definition) is 2. The van der Waals surface area contributed by atoms with Crippen LogP contribution >= 0.6 is 0 Å². The molecule has 1 aliphatic heterocycles. The zero-order valence-corrected chi connectivity index (χ0v) is 11.7. The van der Waals surface area contributed by atoms with E-state index in [4.69, 9.17) is 0 Å². The predicted molar refractivity (Wildman–Crippen MR) is 76.1 cm³/mol. The van der Waals surface area contributed by atoms with E-state index in [1.807, 2.05) is 32.0 Å². The number of hydrogen-bond donors (Lipinski definition) is 0. The van der Waals surface area contributed by atoms with Crippen molar-refractivity contribution in [3.05, 3.63) is 41.5 Å². The zero-order valence-electron chi connectivity index (χ0n) is 11.7. The van der Waals surface area contributed by atoms with E-state index < -0.39 is 0 Å². The maximum Gasteiger partial charge on any atom is 0.238 e. The van der Waals surface area contributed by atoms with Gasteiger partial charge in [0.15, 0.2) is 0 Å². The molecule has 20 heavy (non-hydrogen) atoms. The van der Waals surface area contributed by atoms with E-state index in [1.165, 1.54) is 4.90 Å². The Labute approximate surface area is 118 Å². The standard InChI is InChI=1S/C17H17NO2/c1-9-3-4-10(2)13(7-9)18-16(19)14-11-5-6-12(8-11)15(14)17(18)20/h3-7,11-12,14-15H,8H2,1-2H3/t11-,12-,14-,15+/m0/s1. The average Bonchev–Trinajstić information content (AvgIpc) is 3.08. The molecular formula is C17H17NO2. The molecule has 1 heterocycles. The van der Waals surface area contributed by atoms with Crippen molar-refractivity contribution in [2.75, 3.05) is 4.90 Å². The lowest BCUT2D eigenvalue weighted by Gasteiger charge is -2.19. The van der Waals surface area contributed by atoms with Crippen LogP contribution in [0.15, 0.2) is 30.4 Å². The van der Waals surface area contributed by atoms with Crippen molar-refractivity contribution >= 4 is 17.5 Å². The zero-order chi connectivity index (χ0) is 14.0. The number of rotatable bonds is 1. The number of fused-ring (bicyclic) bond motifs is 5. The molecule has 3 heteroatoms. The molecule has 1 saturated heterocycles. The molecule has 4 atom stereocenters. The molecule has 4 rings (SSSR count). The third-order valence-corrected chi connectivity index (χ3v) is 5.08. The number of benzene rings is 1. The number of carbonyl (C=O) groups excluding carboxylic acids is 2. The summed E-state index contributed by atoms with van der Waals surface area (Å²) in [4.78, 5) is 26.9. The van der Waals surface area contributed by atoms with Crippen molar-refractivity contribution in [2.45, 2.75) is 20.3 Å². The van der Waals surface area contributed by atoms with E-state index >= 15 is 0 Å². The van der Waals surface area contributed by atoms with Crippen LogP contribution in [0.1, 0.15) is 17.5 Å². The molecule has 0 spiro atoms. The van der Waals surface area contributed by atoms with Gasteiger partial charge in [-0.25, -0.2) is 4.90 Å². The highest BCUT2D eigenvalue weighted by Gasteiger charge is 2.59. The Balaban J connectivity index is 1.80. The third kappa shape index (κ3) is 1.35. The lowest BCUT2D eigenvalue weighted by molar-refractivity contribution is -0.123. The fourth-order valence-electron chi connectivity index (χ4n) is 4.10. The molecule has 102 valence electrons. The van der Waals surface area contributed by atoms with E-state index in [0.29, 0.717) is 0 Å². The maximum absolute atomic E-state index is 12.7. The Morgan fingerprint density at radius 3 is 2.20 bits per heavy atom. The summed E-state index contributed by atoms with van der Waals surface area (Å²) in [5, 5.41) is 0. The van der Waals surface area contributed by atoms with Crippen molar-refractivity contribution < 1.29 is 9.59 Å². The predicted octanol–water partition coefficient (Wildman–Crippen LogP) is 2.61. The molecule has 2 aliphatic carbocycles. The Hall–Kier alpha value is -1.90. The highest BCUT2D eigenvalue weighted by Crippen LogP contribution is 2.53. The summed E-state index contributed by atoms with van der Waals surface area (Å²) in [5.74, 6) is 0.332. The second-order valence-electron chi connectivity index (χ2n) is 6.30. The highest BCUT2D eigenvalue weighted by atomic mass is 16.2. The van der Waals surface area contributed by atoms with Crippen molar-refractivity contribution in [1.82, 2.24) is 0 Å². The number of anilines is 1. The maximum atomic E-state index is 12.7. The van der Waals surface area contributed by atoms with Crippen LogP contribution < -0.4 is 4.90 Å². The molecule has 1 saturated carbocycles. The summed E-state index contributed by atoms with van der Waals surface area (Å²) in [6.45, 7) is 3.94. The monoisotopic (exact) mass is 267 g/mol. The number of imide groups is 1. The van der Waals surface area contributed by atoms with Gasteiger partial charge in [0, 0.05) is 0 Å². The first kappa shape index (κ1) is 11.9. The van der Waals surface area contributed by atoms with Crippen LogP contribution in [0.2, 0.25) is 0 Å². The normalized spacial score (nSPS) is 34.2. The van der Waals surface area contributed by atoms with Gasteiger partial charge in [-0.05, 0) is 49.3 Å². The number of aryl methyl sites for hydroxylation is 2. The van der Waals surface area contributed by atoms with Gasteiger partial charge in [0.05, 0.1) is 17.5 Å². The molecule has 2 fully saturated rings. The average molecular weight is 267 g/mol. The first-order chi connectivity index (χ1) is 9.58. The van der Waals surface area contributed by atoms with Gasteiger partial charge in [-0.2, -0.15) is 0 Å². The SMILES string of the molecule is Cc1ccc(C)c(N2C(=O)[C@@H]3[C@H](C2=O)[C@H]2C=C[C@H]3C2)c1. The minimum atomic E-state index is -0.114. The minimum absolute atomic E-state index is 0.00514. The van der Waals surface area contributed by atoms with Crippen LogP contribution in [-0.2, 0) is 9.59 Å². The van der Waals surface area contributed by atoms with Gasteiger partial charge in [-0.15, -0.1) is 0 Å². The van der Waals surface area contributed by atoms with Crippen LogP contribution in [0.3, 0.4) is 0 Å². The summed E-state index contributed by atoms with van der Waals surface area (Å²) in [5.41, 5.74) is 2.83. The van der Waals surface area contributed by atoms with Gasteiger partial charge < -0.3 is 0 Å². The minimum Gasteiger partial charge on any atom is -0.274 e. The van der Waals surface area contributed by atoms with E-state index in [2.05, 4.69) is 12.2 Å². The van der Waals surface area contributed by atoms with E-state index in [1.54, 1.807) is 0 Å². The largest absolute Gasteiger partial charge is 0.274 e. The molecule has 1 aromatic rings. The Morgan fingerprint density at radius 1 is 1.00 bits per heavy atom. The summed E-state index contributed by atoms with van der Waals surface area (Å²) in [6.07, 6.45) is 5.24. The molecule has 2 bridgehead atoms. The van der Waals surface area contributed by atoms with Crippen molar-refractivity contribution in [3.63, 3.8) is 0 Å². The second kappa shape index (κ2) is 3.81. The molecule has 0 unspecified atom stereocenters. The van der Waals surface area contributed by atoms with Crippen molar-refractivity contribution in [3.8, 4) is 0 Å². The van der Waals surface area contributed by atoms with Crippen molar-refractivity contribution in [1.29, 1.82) is 0 Å². The topological polar surface area (TPSA) is 37.4 Å². The fraction of sp³-hybridized carbons (Fsp3) is 0.412. The van der Waals surface area contributed by atoms with Gasteiger partial charge in [-0.3, -0.25) is 9.59 Å². The summed E-state index contributed by atoms with van der Waals surface area (Å²) < 4.78 is 0. The lowest BCUT2D eigenvalue weighted by Crippen LogP contribution is -2.33. The second-order valence-corrected chi connectivity index (χ2v) is 6.30. The lowest BCUT2D eigenvalue weighted by atomic mass is 9.85. The van der Waals surface area contributed by atoms with Crippen LogP contribution in [-0.4, -0.2) is 11.8 Å². The number of carbonyl (C=O) groups is 2. The third-order valence-electron chi connectivity index (χ3n) is 5.08. The quantitative estimate of drug-likeness (QED) is 0.579. The number of nitrogens with zero attached hydrogens (tertiary/aromatic N) is 1. The first-order valence-corrected chi connectivity index (χ1v) is 7.21. The molecule has 0 aromatic heterocycles. The van der Waals surface area contributed by atoms with Gasteiger partial charge >= 0.3 is 0 Å². The molecule has 0 radical (unpaired) electrons. The van der Waals surface area contributed by atoms with Crippen LogP contribution in [0.4, 0.5) is 5.69 Å². The smallest absolute Gasteiger partial charge is 0.238 e. The van der Waals surface area contributed by atoms with Gasteiger partial charge in [0.25, 0.3) is 0 Å². The van der Waals surface area contributed by atoms with Gasteiger partial charge in [0.2, 0.25) is 11.8 Å². The molecular weight excluding hydrogens is 250 g/mol. The van der Waals surface area contributed by atoms with Crippen LogP contribution in [0, 0.1) is 37.5 Å². The molecule has 3 aliphatic rings. The fourth-order valence-corrected chi connectivity index (χ4v) is 4.10. The Bertz CT molecular complexity index is 631. The Kier molecular flexibility index (Phi) is 2.27. The number of allylic oxidation sites excluding steroid dienone is 2. The molecule has 0 N–H and O–H groups in total. The van der Waals surface area contributed by atoms with E-state index in [0.717, 1.165) is 23.2 Å². The summed E-state index contributed by atoms with van der Waals surface area (Å²) in [7, 11) is 0. The first-order valence-electron chi connectivity index (χ1n) is 7.21. The highest BCUT2D eigenvalue weighted by molar-refractivity contribution is 6.23. The van der Waals surface area contributed by atoms with Gasteiger partial charge in [-0.1, -0.05) is 24.3 Å². The van der Waals surface area contributed by atoms with Crippen LogP contribution in [0.5, 0.6) is 0 Å². The van der Waals surface area contributed by atoms with Crippen molar-refractivity contribution in [2.24, 2.45) is 23.7 Å². The number of amides is 2. The summed E-state index contributed by atoms with van der Waals surface area (Å²) in [6, 6.07) is 5.93. The van der Waals surface area contributed by atoms with Crippen LogP contribution in [0.25, 0.3) is 0 Å². The molecule has 1 aromatic carbocycles. The van der Waals surface area contributed by atoms with E-state index in [9.17, 15) is 9.59 Å². The summed E-state index contributed by atoms with van der Waals surface area (Å²) >= 11 is 0. The van der Waals surface area contributed by atoms with E-state index in [-0.39, 0.29) is 35.5 Å². The Morgan fingerprint density at radius 2 is 1.60 bits per heavy atom. The van der Waals surface area contributed by atoms with Gasteiger partial charge in [0.1, 0.15) is 0 Å². The molecule has 3 nitrogen and oxygen atoms in total. The molecule has 2 amide bonds.